The Morgan fingerprint density at radius 2 is 2.29 bits per heavy atom. The summed E-state index contributed by atoms with van der Waals surface area (Å²) in [6, 6.07) is 0. The number of rotatable bonds is 4. The summed E-state index contributed by atoms with van der Waals surface area (Å²) in [5.74, 6) is -0.0111. The van der Waals surface area contributed by atoms with Gasteiger partial charge in [0, 0.05) is 24.3 Å². The van der Waals surface area contributed by atoms with Crippen molar-refractivity contribution in [2.75, 3.05) is 13.1 Å². The van der Waals surface area contributed by atoms with E-state index in [9.17, 15) is 4.79 Å². The summed E-state index contributed by atoms with van der Waals surface area (Å²) in [4.78, 5) is 11.4. The second-order valence-electron chi connectivity index (χ2n) is 3.23. The molecule has 78 valence electrons. The third-order valence-electron chi connectivity index (χ3n) is 2.08. The summed E-state index contributed by atoms with van der Waals surface area (Å²) >= 11 is 0. The quantitative estimate of drug-likeness (QED) is 0.615. The molecule has 1 heterocycles. The third-order valence-corrected chi connectivity index (χ3v) is 2.08. The van der Waals surface area contributed by atoms with Gasteiger partial charge in [-0.1, -0.05) is 0 Å². The average molecular weight is 196 g/mol. The predicted octanol–water partition coefficient (Wildman–Crippen LogP) is -0.356. The minimum Gasteiger partial charge on any atom is -0.355 e. The van der Waals surface area contributed by atoms with Crippen molar-refractivity contribution in [1.82, 2.24) is 15.5 Å². The van der Waals surface area contributed by atoms with Crippen molar-refractivity contribution in [2.24, 2.45) is 5.73 Å². The van der Waals surface area contributed by atoms with Gasteiger partial charge in [-0.15, -0.1) is 0 Å². The van der Waals surface area contributed by atoms with Gasteiger partial charge in [0.25, 0.3) is 0 Å². The molecule has 0 aromatic carbocycles. The molecule has 0 saturated carbocycles. The van der Waals surface area contributed by atoms with Crippen LogP contribution < -0.4 is 11.1 Å². The summed E-state index contributed by atoms with van der Waals surface area (Å²) in [6.45, 7) is 4.78. The number of aromatic nitrogens is 2. The molecule has 14 heavy (non-hydrogen) atoms. The molecular weight excluding hydrogens is 180 g/mol. The molecule has 1 aromatic rings. The van der Waals surface area contributed by atoms with Gasteiger partial charge >= 0.3 is 0 Å². The smallest absolute Gasteiger partial charge is 0.224 e. The molecule has 0 atom stereocenters. The average Bonchev–Trinajstić information content (AvgIpc) is 2.46. The number of nitrogens with two attached hydrogens (primary N) is 1. The summed E-state index contributed by atoms with van der Waals surface area (Å²) in [7, 11) is 0. The minimum absolute atomic E-state index is 0.0111. The lowest BCUT2D eigenvalue weighted by atomic mass is 10.1. The Kier molecular flexibility index (Phi) is 3.64. The molecule has 1 rings (SSSR count). The van der Waals surface area contributed by atoms with Crippen LogP contribution in [0.2, 0.25) is 0 Å². The number of nitrogens with one attached hydrogen (secondary N) is 2. The highest BCUT2D eigenvalue weighted by molar-refractivity contribution is 5.79. The molecule has 0 radical (unpaired) electrons. The Morgan fingerprint density at radius 3 is 2.79 bits per heavy atom. The van der Waals surface area contributed by atoms with Crippen LogP contribution in [0.15, 0.2) is 0 Å². The monoisotopic (exact) mass is 196 g/mol. The number of aromatic amines is 1. The maximum absolute atomic E-state index is 11.4. The molecule has 0 unspecified atom stereocenters. The van der Waals surface area contributed by atoms with E-state index in [1.165, 1.54) is 0 Å². The minimum atomic E-state index is -0.0111. The Labute approximate surface area is 83.1 Å². The van der Waals surface area contributed by atoms with Gasteiger partial charge in [-0.3, -0.25) is 9.89 Å². The zero-order valence-electron chi connectivity index (χ0n) is 8.55. The summed E-state index contributed by atoms with van der Waals surface area (Å²) < 4.78 is 0. The summed E-state index contributed by atoms with van der Waals surface area (Å²) in [5.41, 5.74) is 8.08. The van der Waals surface area contributed by atoms with E-state index in [2.05, 4.69) is 15.5 Å². The molecular formula is C9H16N4O. The fraction of sp³-hybridized carbons (Fsp3) is 0.556. The largest absolute Gasteiger partial charge is 0.355 e. The van der Waals surface area contributed by atoms with Crippen molar-refractivity contribution in [1.29, 1.82) is 0 Å². The second kappa shape index (κ2) is 4.76. The number of amides is 1. The Morgan fingerprint density at radius 1 is 1.57 bits per heavy atom. The molecule has 0 aliphatic rings. The van der Waals surface area contributed by atoms with Gasteiger partial charge in [0.05, 0.1) is 12.1 Å². The highest BCUT2D eigenvalue weighted by Gasteiger charge is 2.10. The Hall–Kier alpha value is -1.36. The molecule has 4 N–H and O–H groups in total. The van der Waals surface area contributed by atoms with Crippen molar-refractivity contribution in [2.45, 2.75) is 20.3 Å². The molecule has 0 aliphatic carbocycles. The standard InChI is InChI=1S/C9H16N4O/c1-6-8(7(2)13-12-6)5-9(14)11-4-3-10/h3-5,10H2,1-2H3,(H,11,14)(H,12,13). The van der Waals surface area contributed by atoms with Crippen molar-refractivity contribution >= 4 is 5.91 Å². The van der Waals surface area contributed by atoms with Crippen LogP contribution in [-0.4, -0.2) is 29.2 Å². The highest BCUT2D eigenvalue weighted by Crippen LogP contribution is 2.09. The lowest BCUT2D eigenvalue weighted by Crippen LogP contribution is -2.30. The van der Waals surface area contributed by atoms with Crippen molar-refractivity contribution in [3.05, 3.63) is 17.0 Å². The van der Waals surface area contributed by atoms with E-state index in [-0.39, 0.29) is 5.91 Å². The number of nitrogens with zero attached hydrogens (tertiary/aromatic N) is 1. The highest BCUT2D eigenvalue weighted by atomic mass is 16.1. The SMILES string of the molecule is Cc1n[nH]c(C)c1CC(=O)NCCN. The van der Waals surface area contributed by atoms with Crippen LogP contribution in [0.4, 0.5) is 0 Å². The van der Waals surface area contributed by atoms with E-state index in [1.807, 2.05) is 13.8 Å². The van der Waals surface area contributed by atoms with E-state index in [4.69, 9.17) is 5.73 Å². The predicted molar refractivity (Wildman–Crippen MR) is 53.8 cm³/mol. The molecule has 1 aromatic heterocycles. The number of hydrogen-bond acceptors (Lipinski definition) is 3. The molecule has 5 heteroatoms. The fourth-order valence-electron chi connectivity index (χ4n) is 1.27. The topological polar surface area (TPSA) is 83.8 Å². The van der Waals surface area contributed by atoms with E-state index in [1.54, 1.807) is 0 Å². The van der Waals surface area contributed by atoms with Gasteiger partial charge in [0.15, 0.2) is 0 Å². The first-order valence-electron chi connectivity index (χ1n) is 4.62. The number of carbonyl (C=O) groups is 1. The molecule has 0 aliphatic heterocycles. The maximum atomic E-state index is 11.4. The van der Waals surface area contributed by atoms with E-state index >= 15 is 0 Å². The molecule has 0 spiro atoms. The third kappa shape index (κ3) is 2.56. The lowest BCUT2D eigenvalue weighted by Gasteiger charge is -2.03. The van der Waals surface area contributed by atoms with Crippen LogP contribution in [0.25, 0.3) is 0 Å². The lowest BCUT2D eigenvalue weighted by molar-refractivity contribution is -0.120. The number of carbonyl (C=O) groups excluding carboxylic acids is 1. The fourth-order valence-corrected chi connectivity index (χ4v) is 1.27. The molecule has 5 nitrogen and oxygen atoms in total. The number of hydrogen-bond donors (Lipinski definition) is 3. The van der Waals surface area contributed by atoms with Gasteiger partial charge in [-0.2, -0.15) is 5.10 Å². The van der Waals surface area contributed by atoms with Gasteiger partial charge in [0.1, 0.15) is 0 Å². The van der Waals surface area contributed by atoms with Crippen molar-refractivity contribution in [3.63, 3.8) is 0 Å². The van der Waals surface area contributed by atoms with Crippen LogP contribution >= 0.6 is 0 Å². The maximum Gasteiger partial charge on any atom is 0.224 e. The van der Waals surface area contributed by atoms with Crippen LogP contribution in [0, 0.1) is 13.8 Å². The van der Waals surface area contributed by atoms with E-state index in [0.29, 0.717) is 19.5 Å². The zero-order chi connectivity index (χ0) is 10.6. The summed E-state index contributed by atoms with van der Waals surface area (Å²) in [5, 5.41) is 9.58. The zero-order valence-corrected chi connectivity index (χ0v) is 8.55. The van der Waals surface area contributed by atoms with Gasteiger partial charge in [0.2, 0.25) is 5.91 Å². The first-order chi connectivity index (χ1) is 6.65. The van der Waals surface area contributed by atoms with Crippen LogP contribution in [0.5, 0.6) is 0 Å². The van der Waals surface area contributed by atoms with E-state index in [0.717, 1.165) is 17.0 Å². The number of aryl methyl sites for hydroxylation is 2. The second-order valence-corrected chi connectivity index (χ2v) is 3.23. The molecule has 0 bridgehead atoms. The normalized spacial score (nSPS) is 10.2. The Balaban J connectivity index is 2.55. The number of H-pyrrole nitrogens is 1. The van der Waals surface area contributed by atoms with E-state index < -0.39 is 0 Å². The van der Waals surface area contributed by atoms with Crippen LogP contribution in [-0.2, 0) is 11.2 Å². The van der Waals surface area contributed by atoms with Crippen molar-refractivity contribution in [3.8, 4) is 0 Å². The van der Waals surface area contributed by atoms with Crippen molar-refractivity contribution < 1.29 is 4.79 Å². The first-order valence-corrected chi connectivity index (χ1v) is 4.62. The van der Waals surface area contributed by atoms with Gasteiger partial charge in [-0.25, -0.2) is 0 Å². The Bertz CT molecular complexity index is 299. The van der Waals surface area contributed by atoms with Gasteiger partial charge in [-0.05, 0) is 13.8 Å². The van der Waals surface area contributed by atoms with Crippen LogP contribution in [0.3, 0.4) is 0 Å². The molecule has 0 fully saturated rings. The summed E-state index contributed by atoms with van der Waals surface area (Å²) in [6.07, 6.45) is 0.369. The first kappa shape index (κ1) is 10.7. The molecule has 1 amide bonds. The van der Waals surface area contributed by atoms with Gasteiger partial charge < -0.3 is 11.1 Å². The molecule has 0 saturated heterocycles. The van der Waals surface area contributed by atoms with Crippen LogP contribution in [0.1, 0.15) is 17.0 Å².